The van der Waals surface area contributed by atoms with Crippen molar-refractivity contribution in [2.75, 3.05) is 60.4 Å². The lowest BCUT2D eigenvalue weighted by molar-refractivity contribution is 0.0661. The number of aromatic nitrogens is 12. The number of aromatic carboxylic acids is 1. The Labute approximate surface area is 657 Å². The van der Waals surface area contributed by atoms with E-state index in [4.69, 9.17) is 15.1 Å². The summed E-state index contributed by atoms with van der Waals surface area (Å²) in [5, 5.41) is 22.8. The van der Waals surface area contributed by atoms with Gasteiger partial charge in [0, 0.05) is 174 Å². The number of hydrogen-bond donors (Lipinski definition) is 5. The molecule has 5 fully saturated rings. The van der Waals surface area contributed by atoms with Crippen LogP contribution < -0.4 is 0 Å². The van der Waals surface area contributed by atoms with Crippen molar-refractivity contribution in [3.63, 3.8) is 0 Å². The Morgan fingerprint density at radius 3 is 1.22 bits per heavy atom. The molecule has 0 radical (unpaired) electrons. The second-order valence-electron chi connectivity index (χ2n) is 32.1. The van der Waals surface area contributed by atoms with Crippen molar-refractivity contribution >= 4 is 119 Å². The number of thiazole rings is 4. The van der Waals surface area contributed by atoms with Crippen LogP contribution in [0.25, 0.3) is 94.7 Å². The molecule has 2 saturated heterocycles. The zero-order valence-corrected chi connectivity index (χ0v) is 67.3. The first-order valence-electron chi connectivity index (χ1n) is 39.1. The number of fused-ring (bicyclic) bond motifs is 4. The molecule has 110 heavy (non-hydrogen) atoms. The molecule has 2 aliphatic heterocycles. The van der Waals surface area contributed by atoms with E-state index in [1.54, 1.807) is 24.4 Å². The van der Waals surface area contributed by atoms with E-state index in [0.717, 1.165) is 177 Å². The third-order valence-corrected chi connectivity index (χ3v) is 26.6. The lowest BCUT2D eigenvalue weighted by Gasteiger charge is -2.31. The van der Waals surface area contributed by atoms with Crippen molar-refractivity contribution in [1.29, 1.82) is 0 Å². The van der Waals surface area contributed by atoms with Crippen LogP contribution in [0.3, 0.4) is 0 Å². The molecule has 5 N–H and O–H groups in total. The van der Waals surface area contributed by atoms with Gasteiger partial charge in [-0.25, -0.2) is 44.7 Å². The number of likely N-dealkylation sites (N-methyl/N-ethyl adjacent to an activating group) is 1. The van der Waals surface area contributed by atoms with E-state index in [-0.39, 0.29) is 28.1 Å². The quantitative estimate of drug-likeness (QED) is 0.0761. The molecule has 3 saturated carbocycles. The summed E-state index contributed by atoms with van der Waals surface area (Å²) in [4.78, 5) is 106. The summed E-state index contributed by atoms with van der Waals surface area (Å²) in [6.07, 6.45) is 42.0. The maximum absolute atomic E-state index is 12.9. The molecule has 12 aromatic heterocycles. The van der Waals surface area contributed by atoms with Crippen molar-refractivity contribution in [2.24, 2.45) is 23.2 Å². The van der Waals surface area contributed by atoms with Gasteiger partial charge in [-0.15, -0.1) is 45.3 Å². The van der Waals surface area contributed by atoms with Gasteiger partial charge in [0.1, 0.15) is 22.6 Å². The molecule has 3 amide bonds. The maximum Gasteiger partial charge on any atom is 0.365 e. The minimum Gasteiger partial charge on any atom is -0.476 e. The fraction of sp³-hybridized carbons (Fsp3) is 0.435. The van der Waals surface area contributed by atoms with Crippen LogP contribution in [-0.2, 0) is 0 Å². The number of carbonyl (C=O) groups excluding carboxylic acids is 3. The van der Waals surface area contributed by atoms with Crippen LogP contribution in [0.2, 0.25) is 0 Å². The molecule has 21 nitrogen and oxygen atoms in total. The van der Waals surface area contributed by atoms with Crippen LogP contribution in [0, 0.1) is 23.2 Å². The fourth-order valence-electron chi connectivity index (χ4n) is 16.1. The molecule has 0 spiro atoms. The molecule has 14 heterocycles. The molecule has 0 aromatic carbocycles. The summed E-state index contributed by atoms with van der Waals surface area (Å²) in [5.74, 6) is 3.36. The Bertz CT molecular complexity index is 5330. The minimum atomic E-state index is -0.985. The van der Waals surface area contributed by atoms with E-state index in [2.05, 4.69) is 139 Å². The lowest BCUT2D eigenvalue weighted by atomic mass is 9.80. The number of carbonyl (C=O) groups is 4. The first-order valence-corrected chi connectivity index (χ1v) is 42.6. The number of amides is 3. The van der Waals surface area contributed by atoms with Gasteiger partial charge >= 0.3 is 5.97 Å². The number of H-pyrrole nitrogens is 4. The van der Waals surface area contributed by atoms with Gasteiger partial charge in [0.15, 0.2) is 15.0 Å². The molecular weight excluding hydrogens is 1450 g/mol. The Hall–Kier alpha value is -9.40. The largest absolute Gasteiger partial charge is 0.476 e. The standard InChI is InChI=1S/C24H27N5OS.C23H28N4OS.C20H24N4OS.C18H19N3O2S/c1-24(2)6-4-16(5-7-24)17-12-18-19(14-26-21(18)25-13-17)20-15-31-22(27-20)23(30)29-10-8-28(3)9-11-29;1-15-5-7-16(8-6-15)17-11-18-19(13-25-21(18)24-12-17)20-14-29-22(26-20)23(28)27-9-3-2-4-10-27;1-12-4-6-13(7-5-12)14-8-15-16(10-22-18(15)21-9-14)17-11-26-19(23-17)20(25)24(2)3;1-10-2-4-11(5-3-10)12-6-13-14(8-20-16(13)19-7-12)15-9-24-17(21-15)18(22)23/h4-6,12-15H,7-11H2,1-3H3,(H,25,26);11-16H,2-10H2,1H3,(H,24,25);8-13H,4-7H2,1-3H3,(H,21,22);6-11H,2-5H2,1H3,(H,19,20)(H,22,23). The van der Waals surface area contributed by atoms with Crippen molar-refractivity contribution in [1.82, 2.24) is 79.4 Å². The predicted molar refractivity (Wildman–Crippen MR) is 444 cm³/mol. The van der Waals surface area contributed by atoms with E-state index in [1.165, 1.54) is 140 Å². The monoisotopic (exact) mass is 1550 g/mol. The van der Waals surface area contributed by atoms with E-state index >= 15 is 0 Å². The number of nitrogens with one attached hydrogen (secondary N) is 4. The average molecular weight is 1550 g/mol. The highest BCUT2D eigenvalue weighted by Gasteiger charge is 2.29. The number of likely N-dealkylation sites (tertiary alicyclic amines) is 1. The molecule has 572 valence electrons. The SMILES string of the molecule is CC1CCC(c2cnc3[nH]cc(-c4csc(C(=O)N(C)C)n4)c3c2)CC1.CC1CCC(c2cnc3[nH]cc(-c4csc(C(=O)N5CCCCC5)n4)c3c2)CC1.CC1CCC(c2cnc3[nH]cc(-c4csc(C(=O)O)n4)c3c2)CC1.CN1CCN(C(=O)c2nc(-c3c[nH]c4ncc(C5=CCC(C)(C)C=C5)cc34)cs2)CC1. The van der Waals surface area contributed by atoms with Crippen LogP contribution in [-0.4, -0.2) is 169 Å². The van der Waals surface area contributed by atoms with Crippen LogP contribution in [0.15, 0.2) is 114 Å². The van der Waals surface area contributed by atoms with Gasteiger partial charge < -0.3 is 44.6 Å². The first kappa shape index (κ1) is 76.0. The normalized spacial score (nSPS) is 20.9. The molecule has 0 atom stereocenters. The Morgan fingerprint density at radius 2 is 0.836 bits per heavy atom. The lowest BCUT2D eigenvalue weighted by Crippen LogP contribution is -2.47. The highest BCUT2D eigenvalue weighted by molar-refractivity contribution is 7.13. The molecule has 0 unspecified atom stereocenters. The van der Waals surface area contributed by atoms with Crippen molar-refractivity contribution < 1.29 is 24.3 Å². The number of hydrogen-bond acceptors (Lipinski definition) is 17. The zero-order valence-electron chi connectivity index (χ0n) is 64.1. The first-order chi connectivity index (χ1) is 53.2. The van der Waals surface area contributed by atoms with E-state index < -0.39 is 5.97 Å². The fourth-order valence-corrected chi connectivity index (χ4v) is 19.2. The van der Waals surface area contributed by atoms with Gasteiger partial charge in [0.2, 0.25) is 5.01 Å². The third kappa shape index (κ3) is 17.1. The number of piperidine rings is 1. The summed E-state index contributed by atoms with van der Waals surface area (Å²) >= 11 is 5.41. The highest BCUT2D eigenvalue weighted by Crippen LogP contribution is 2.43. The van der Waals surface area contributed by atoms with Crippen molar-refractivity contribution in [3.05, 3.63) is 156 Å². The molecule has 6 aliphatic rings. The van der Waals surface area contributed by atoms with Gasteiger partial charge in [-0.05, 0) is 159 Å². The van der Waals surface area contributed by atoms with Crippen LogP contribution in [0.5, 0.6) is 0 Å². The Kier molecular flexibility index (Phi) is 23.0. The van der Waals surface area contributed by atoms with Gasteiger partial charge in [-0.2, -0.15) is 0 Å². The van der Waals surface area contributed by atoms with Gasteiger partial charge in [-0.1, -0.05) is 91.4 Å². The molecule has 25 heteroatoms. The number of nitrogens with zero attached hydrogens (tertiary/aromatic N) is 12. The summed E-state index contributed by atoms with van der Waals surface area (Å²) in [6.45, 7) is 16.5. The summed E-state index contributed by atoms with van der Waals surface area (Å²) < 4.78 is 0. The molecule has 18 rings (SSSR count). The predicted octanol–water partition coefficient (Wildman–Crippen LogP) is 19.4. The van der Waals surface area contributed by atoms with Crippen LogP contribution in [0.1, 0.15) is 217 Å². The zero-order chi connectivity index (χ0) is 76.3. The summed E-state index contributed by atoms with van der Waals surface area (Å²) in [7, 11) is 5.58. The molecule has 4 aliphatic carbocycles. The third-order valence-electron chi connectivity index (χ3n) is 23.2. The second-order valence-corrected chi connectivity index (χ2v) is 35.5. The maximum atomic E-state index is 12.9. The number of pyridine rings is 4. The van der Waals surface area contributed by atoms with E-state index in [0.29, 0.717) is 38.5 Å². The van der Waals surface area contributed by atoms with Gasteiger partial charge in [-0.3, -0.25) is 14.4 Å². The smallest absolute Gasteiger partial charge is 0.365 e. The number of carboxylic acids is 1. The molecule has 0 bridgehead atoms. The number of allylic oxidation sites excluding steroid dienone is 4. The average Bonchev–Trinajstić information content (AvgIpc) is 1.65. The highest BCUT2D eigenvalue weighted by atomic mass is 32.1. The van der Waals surface area contributed by atoms with Crippen molar-refractivity contribution in [3.8, 4) is 45.0 Å². The van der Waals surface area contributed by atoms with Gasteiger partial charge in [0.05, 0.1) is 22.8 Å². The molecular formula is C85H98N16O5S4. The van der Waals surface area contributed by atoms with E-state index in [1.807, 2.05) is 75.5 Å². The van der Waals surface area contributed by atoms with Crippen LogP contribution >= 0.6 is 45.3 Å². The minimum absolute atomic E-state index is 0.0307. The van der Waals surface area contributed by atoms with Crippen LogP contribution in [0.4, 0.5) is 0 Å². The Morgan fingerprint density at radius 1 is 0.473 bits per heavy atom. The Balaban J connectivity index is 0.000000117. The number of aromatic amines is 4. The van der Waals surface area contributed by atoms with Gasteiger partial charge in [0.25, 0.3) is 17.7 Å². The number of rotatable bonds is 12. The van der Waals surface area contributed by atoms with Crippen molar-refractivity contribution in [2.45, 2.75) is 155 Å². The number of carboxylic acid groups (broad SMARTS) is 1. The second kappa shape index (κ2) is 33.3. The summed E-state index contributed by atoms with van der Waals surface area (Å²) in [6, 6.07) is 8.93. The topological polar surface area (TPSA) is 268 Å². The molecule has 12 aromatic rings. The van der Waals surface area contributed by atoms with E-state index in [9.17, 15) is 19.2 Å². The summed E-state index contributed by atoms with van der Waals surface area (Å²) in [5.41, 5.74) is 17.1. The number of piperazine rings is 1.